The van der Waals surface area contributed by atoms with Gasteiger partial charge < -0.3 is 15.2 Å². The number of hydrogen-bond acceptors (Lipinski definition) is 3. The number of rotatable bonds is 2. The first kappa shape index (κ1) is 16.0. The van der Waals surface area contributed by atoms with Gasteiger partial charge in [0.25, 0.3) is 0 Å². The minimum atomic E-state index is -0.555. The average molecular weight is 279 g/mol. The van der Waals surface area contributed by atoms with Gasteiger partial charge in [-0.15, -0.1) is 0 Å². The van der Waals surface area contributed by atoms with Crippen LogP contribution < -0.4 is 5.32 Å². The van der Waals surface area contributed by atoms with Crippen molar-refractivity contribution in [2.45, 2.75) is 33.0 Å². The fraction of sp³-hybridized carbons (Fsp3) is 0.400. The molecule has 1 rings (SSSR count). The lowest BCUT2D eigenvalue weighted by Crippen LogP contribution is -2.32. The highest BCUT2D eigenvalue weighted by molar-refractivity contribution is 5.68. The highest BCUT2D eigenvalue weighted by Gasteiger charge is 2.14. The predicted octanol–water partition coefficient (Wildman–Crippen LogP) is 2.19. The molecule has 0 saturated carbocycles. The summed E-state index contributed by atoms with van der Waals surface area (Å²) in [5.41, 5.74) is 0.147. The monoisotopic (exact) mass is 279 g/mol. The van der Waals surface area contributed by atoms with Gasteiger partial charge in [0.05, 0.1) is 13.2 Å². The molecule has 4 nitrogen and oxygen atoms in total. The van der Waals surface area contributed by atoms with Crippen molar-refractivity contribution < 1.29 is 19.0 Å². The normalized spacial score (nSPS) is 10.4. The third-order valence-corrected chi connectivity index (χ3v) is 2.18. The van der Waals surface area contributed by atoms with Crippen LogP contribution in [0, 0.1) is 17.7 Å². The summed E-state index contributed by atoms with van der Waals surface area (Å²) in [5.74, 6) is 4.90. The minimum absolute atomic E-state index is 0.109. The number of amides is 1. The minimum Gasteiger partial charge on any atom is -0.444 e. The highest BCUT2D eigenvalue weighted by Crippen LogP contribution is 2.09. The zero-order valence-corrected chi connectivity index (χ0v) is 11.8. The molecule has 108 valence electrons. The summed E-state index contributed by atoms with van der Waals surface area (Å²) in [5, 5.41) is 11.3. The molecule has 0 aliphatic rings. The Morgan fingerprint density at radius 1 is 1.45 bits per heavy atom. The summed E-state index contributed by atoms with van der Waals surface area (Å²) in [6.07, 6.45) is -0.548. The van der Waals surface area contributed by atoms with E-state index in [2.05, 4.69) is 17.2 Å². The van der Waals surface area contributed by atoms with E-state index in [1.54, 1.807) is 26.8 Å². The van der Waals surface area contributed by atoms with Gasteiger partial charge in [0, 0.05) is 11.1 Å². The lowest BCUT2D eigenvalue weighted by atomic mass is 10.1. The molecule has 1 aromatic rings. The Hall–Kier alpha value is -2.06. The van der Waals surface area contributed by atoms with Crippen LogP contribution in [0.25, 0.3) is 0 Å². The van der Waals surface area contributed by atoms with Crippen molar-refractivity contribution in [2.24, 2.45) is 0 Å². The van der Waals surface area contributed by atoms with E-state index in [-0.39, 0.29) is 18.7 Å². The van der Waals surface area contributed by atoms with Crippen LogP contribution in [0.3, 0.4) is 0 Å². The van der Waals surface area contributed by atoms with E-state index in [1.165, 1.54) is 12.1 Å². The van der Waals surface area contributed by atoms with Crippen molar-refractivity contribution >= 4 is 6.09 Å². The van der Waals surface area contributed by atoms with Gasteiger partial charge in [0.1, 0.15) is 11.4 Å². The van der Waals surface area contributed by atoms with Crippen molar-refractivity contribution in [3.63, 3.8) is 0 Å². The van der Waals surface area contributed by atoms with E-state index >= 15 is 0 Å². The number of hydrogen-bond donors (Lipinski definition) is 2. The standard InChI is InChI=1S/C15H18FNO3/c1-15(2,3)20-14(19)17-8-4-5-11-6-7-12(10-18)13(16)9-11/h6-7,9,18H,8,10H2,1-3H3,(H,17,19). The van der Waals surface area contributed by atoms with E-state index < -0.39 is 17.5 Å². The zero-order valence-electron chi connectivity index (χ0n) is 11.8. The molecular formula is C15H18FNO3. The molecule has 0 bridgehead atoms. The highest BCUT2D eigenvalue weighted by atomic mass is 19.1. The van der Waals surface area contributed by atoms with Gasteiger partial charge in [-0.3, -0.25) is 0 Å². The van der Waals surface area contributed by atoms with Gasteiger partial charge in [-0.2, -0.15) is 0 Å². The fourth-order valence-electron chi connectivity index (χ4n) is 1.33. The van der Waals surface area contributed by atoms with Crippen molar-refractivity contribution in [3.8, 4) is 11.8 Å². The largest absolute Gasteiger partial charge is 0.444 e. The third kappa shape index (κ3) is 5.72. The molecule has 20 heavy (non-hydrogen) atoms. The van der Waals surface area contributed by atoms with Gasteiger partial charge in [0.15, 0.2) is 0 Å². The molecule has 0 saturated heterocycles. The topological polar surface area (TPSA) is 58.6 Å². The number of halogens is 1. The molecule has 0 radical (unpaired) electrons. The summed E-state index contributed by atoms with van der Waals surface area (Å²) < 4.78 is 18.4. The first-order valence-electron chi connectivity index (χ1n) is 6.17. The zero-order chi connectivity index (χ0) is 15.2. The SMILES string of the molecule is CC(C)(C)OC(=O)NCC#Cc1ccc(CO)c(F)c1. The molecule has 0 spiro atoms. The second kappa shape index (κ2) is 6.92. The number of nitrogens with one attached hydrogen (secondary N) is 1. The van der Waals surface area contributed by atoms with E-state index in [0.717, 1.165) is 0 Å². The second-order valence-corrected chi connectivity index (χ2v) is 5.12. The Kier molecular flexibility index (Phi) is 5.53. The molecule has 0 fully saturated rings. The summed E-state index contributed by atoms with van der Waals surface area (Å²) in [7, 11) is 0. The van der Waals surface area contributed by atoms with Gasteiger partial charge in [-0.1, -0.05) is 17.9 Å². The number of benzene rings is 1. The lowest BCUT2D eigenvalue weighted by Gasteiger charge is -2.18. The Balaban J connectivity index is 2.51. The smallest absolute Gasteiger partial charge is 0.408 e. The van der Waals surface area contributed by atoms with Crippen LogP contribution in [-0.2, 0) is 11.3 Å². The van der Waals surface area contributed by atoms with Gasteiger partial charge >= 0.3 is 6.09 Å². The van der Waals surface area contributed by atoms with E-state index in [0.29, 0.717) is 5.56 Å². The maximum absolute atomic E-state index is 13.4. The van der Waals surface area contributed by atoms with E-state index in [1.807, 2.05) is 0 Å². The van der Waals surface area contributed by atoms with E-state index in [9.17, 15) is 9.18 Å². The number of aliphatic hydroxyl groups is 1. The van der Waals surface area contributed by atoms with Crippen LogP contribution in [0.4, 0.5) is 9.18 Å². The third-order valence-electron chi connectivity index (χ3n) is 2.18. The average Bonchev–Trinajstić information content (AvgIpc) is 2.33. The summed E-state index contributed by atoms with van der Waals surface area (Å²) >= 11 is 0. The summed E-state index contributed by atoms with van der Waals surface area (Å²) in [6.45, 7) is 5.06. The molecule has 1 amide bonds. The molecule has 0 heterocycles. The number of carbonyl (C=O) groups is 1. The van der Waals surface area contributed by atoms with Crippen LogP contribution in [-0.4, -0.2) is 23.3 Å². The second-order valence-electron chi connectivity index (χ2n) is 5.12. The Morgan fingerprint density at radius 3 is 2.70 bits per heavy atom. The number of aliphatic hydroxyl groups excluding tert-OH is 1. The van der Waals surface area contributed by atoms with Crippen molar-refractivity contribution in [3.05, 3.63) is 35.1 Å². The molecule has 0 atom stereocenters. The molecular weight excluding hydrogens is 261 g/mol. The van der Waals surface area contributed by atoms with Crippen LogP contribution in [0.5, 0.6) is 0 Å². The van der Waals surface area contributed by atoms with Crippen LogP contribution in [0.15, 0.2) is 18.2 Å². The Labute approximate surface area is 117 Å². The molecule has 0 aliphatic heterocycles. The van der Waals surface area contributed by atoms with Gasteiger partial charge in [0.2, 0.25) is 0 Å². The first-order chi connectivity index (χ1) is 9.31. The Bertz CT molecular complexity index is 538. The molecule has 2 N–H and O–H groups in total. The maximum atomic E-state index is 13.4. The van der Waals surface area contributed by atoms with Crippen LogP contribution in [0.1, 0.15) is 31.9 Å². The van der Waals surface area contributed by atoms with Gasteiger partial charge in [-0.05, 0) is 32.9 Å². The fourth-order valence-corrected chi connectivity index (χ4v) is 1.33. The summed E-state index contributed by atoms with van der Waals surface area (Å²) in [4.78, 5) is 11.3. The van der Waals surface area contributed by atoms with Crippen molar-refractivity contribution in [1.82, 2.24) is 5.32 Å². The number of ether oxygens (including phenoxy) is 1. The summed E-state index contributed by atoms with van der Waals surface area (Å²) in [6, 6.07) is 4.32. The maximum Gasteiger partial charge on any atom is 0.408 e. The number of alkyl carbamates (subject to hydrolysis) is 1. The van der Waals surface area contributed by atoms with Crippen molar-refractivity contribution in [1.29, 1.82) is 0 Å². The molecule has 5 heteroatoms. The van der Waals surface area contributed by atoms with Crippen LogP contribution >= 0.6 is 0 Å². The molecule has 0 unspecified atom stereocenters. The molecule has 0 aliphatic carbocycles. The quantitative estimate of drug-likeness (QED) is 0.816. The lowest BCUT2D eigenvalue weighted by molar-refractivity contribution is 0.0535. The Morgan fingerprint density at radius 2 is 2.15 bits per heavy atom. The number of carbonyl (C=O) groups excluding carboxylic acids is 1. The molecule has 1 aromatic carbocycles. The van der Waals surface area contributed by atoms with Crippen molar-refractivity contribution in [2.75, 3.05) is 6.54 Å². The molecule has 0 aromatic heterocycles. The van der Waals surface area contributed by atoms with E-state index in [4.69, 9.17) is 9.84 Å². The van der Waals surface area contributed by atoms with Gasteiger partial charge in [-0.25, -0.2) is 9.18 Å². The predicted molar refractivity (Wildman–Crippen MR) is 73.4 cm³/mol. The van der Waals surface area contributed by atoms with Crippen LogP contribution in [0.2, 0.25) is 0 Å². The first-order valence-corrected chi connectivity index (χ1v) is 6.17.